The van der Waals surface area contributed by atoms with Gasteiger partial charge in [0.1, 0.15) is 5.82 Å². The maximum atomic E-state index is 12.1. The number of morpholine rings is 1. The van der Waals surface area contributed by atoms with Crippen LogP contribution in [0.5, 0.6) is 0 Å². The third-order valence-corrected chi connectivity index (χ3v) is 3.73. The van der Waals surface area contributed by atoms with Crippen molar-refractivity contribution in [3.63, 3.8) is 0 Å². The molecule has 2 amide bonds. The number of ether oxygens (including phenoxy) is 1. The Hall–Kier alpha value is -2.87. The lowest BCUT2D eigenvalue weighted by Gasteiger charge is -2.29. The van der Waals surface area contributed by atoms with E-state index in [2.05, 4.69) is 30.8 Å². The molecule has 3 N–H and O–H groups in total. The maximum absolute atomic E-state index is 12.1. The molecule has 0 saturated carbocycles. The van der Waals surface area contributed by atoms with Crippen molar-refractivity contribution in [2.45, 2.75) is 0 Å². The van der Waals surface area contributed by atoms with Gasteiger partial charge in [0.15, 0.2) is 5.82 Å². The van der Waals surface area contributed by atoms with Gasteiger partial charge in [0, 0.05) is 38.6 Å². The van der Waals surface area contributed by atoms with Crippen LogP contribution in [0.25, 0.3) is 0 Å². The molecular formula is C17H22N6O2. The molecule has 1 fully saturated rings. The summed E-state index contributed by atoms with van der Waals surface area (Å²) in [5.74, 6) is 1.55. The number of carbonyl (C=O) groups excluding carboxylic acids is 1. The minimum Gasteiger partial charge on any atom is -0.378 e. The van der Waals surface area contributed by atoms with E-state index in [0.717, 1.165) is 24.7 Å². The minimum atomic E-state index is -0.259. The van der Waals surface area contributed by atoms with Crippen molar-refractivity contribution in [1.82, 2.24) is 15.3 Å². The molecule has 0 aliphatic carbocycles. The molecule has 0 atom stereocenters. The zero-order valence-electron chi connectivity index (χ0n) is 13.9. The predicted octanol–water partition coefficient (Wildman–Crippen LogP) is 1.55. The molecule has 1 aliphatic rings. The molecule has 8 nitrogen and oxygen atoms in total. The molecule has 0 radical (unpaired) electrons. The summed E-state index contributed by atoms with van der Waals surface area (Å²) in [5.41, 5.74) is 0.694. The SMILES string of the molecule is O=C(NCCNc1ccccn1)Nc1cccnc1N1CCOCC1. The van der Waals surface area contributed by atoms with Gasteiger partial charge in [-0.05, 0) is 24.3 Å². The fourth-order valence-electron chi connectivity index (χ4n) is 2.52. The van der Waals surface area contributed by atoms with Gasteiger partial charge in [0.25, 0.3) is 0 Å². The normalized spacial score (nSPS) is 14.0. The quantitative estimate of drug-likeness (QED) is 0.690. The van der Waals surface area contributed by atoms with Gasteiger partial charge in [-0.25, -0.2) is 14.8 Å². The number of amides is 2. The Balaban J connectivity index is 1.47. The number of nitrogens with one attached hydrogen (secondary N) is 3. The highest BCUT2D eigenvalue weighted by molar-refractivity contribution is 5.92. The number of aromatic nitrogens is 2. The Morgan fingerprint density at radius 3 is 2.72 bits per heavy atom. The van der Waals surface area contributed by atoms with Crippen molar-refractivity contribution in [2.24, 2.45) is 0 Å². The zero-order valence-corrected chi connectivity index (χ0v) is 13.9. The van der Waals surface area contributed by atoms with Crippen LogP contribution in [-0.4, -0.2) is 55.4 Å². The molecule has 25 heavy (non-hydrogen) atoms. The summed E-state index contributed by atoms with van der Waals surface area (Å²) >= 11 is 0. The topological polar surface area (TPSA) is 91.4 Å². The lowest BCUT2D eigenvalue weighted by molar-refractivity contribution is 0.122. The second-order valence-corrected chi connectivity index (χ2v) is 5.50. The number of pyridine rings is 2. The van der Waals surface area contributed by atoms with E-state index >= 15 is 0 Å². The first-order valence-corrected chi connectivity index (χ1v) is 8.30. The van der Waals surface area contributed by atoms with Crippen molar-refractivity contribution in [2.75, 3.05) is 54.9 Å². The first kappa shape index (κ1) is 17.0. The molecular weight excluding hydrogens is 320 g/mol. The standard InChI is InChI=1S/C17H22N6O2/c24-17(21-9-8-19-15-5-1-2-6-18-15)22-14-4-3-7-20-16(14)23-10-12-25-13-11-23/h1-7H,8-13H2,(H,18,19)(H2,21,22,24). The molecule has 2 aromatic rings. The predicted molar refractivity (Wildman–Crippen MR) is 97.0 cm³/mol. The van der Waals surface area contributed by atoms with Crippen molar-refractivity contribution < 1.29 is 9.53 Å². The molecule has 1 aliphatic heterocycles. The third kappa shape index (κ3) is 5.05. The number of nitrogens with zero attached hydrogens (tertiary/aromatic N) is 3. The zero-order chi connectivity index (χ0) is 17.3. The molecule has 132 valence electrons. The second kappa shape index (κ2) is 8.84. The number of anilines is 3. The van der Waals surface area contributed by atoms with E-state index in [1.807, 2.05) is 30.3 Å². The van der Waals surface area contributed by atoms with Crippen LogP contribution in [0.1, 0.15) is 0 Å². The van der Waals surface area contributed by atoms with Crippen LogP contribution in [0.3, 0.4) is 0 Å². The highest BCUT2D eigenvalue weighted by atomic mass is 16.5. The van der Waals surface area contributed by atoms with Crippen molar-refractivity contribution in [1.29, 1.82) is 0 Å². The molecule has 3 rings (SSSR count). The average molecular weight is 342 g/mol. The van der Waals surface area contributed by atoms with Crippen LogP contribution in [0.2, 0.25) is 0 Å². The molecule has 0 unspecified atom stereocenters. The summed E-state index contributed by atoms with van der Waals surface area (Å²) in [6, 6.07) is 9.04. The van der Waals surface area contributed by atoms with E-state index in [-0.39, 0.29) is 6.03 Å². The lowest BCUT2D eigenvalue weighted by Crippen LogP contribution is -2.38. The Kier molecular flexibility index (Phi) is 6.00. The van der Waals surface area contributed by atoms with Gasteiger partial charge >= 0.3 is 6.03 Å². The fourth-order valence-corrected chi connectivity index (χ4v) is 2.52. The average Bonchev–Trinajstić information content (AvgIpc) is 2.67. The summed E-state index contributed by atoms with van der Waals surface area (Å²) in [4.78, 5) is 22.8. The van der Waals surface area contributed by atoms with Gasteiger partial charge in [-0.2, -0.15) is 0 Å². The summed E-state index contributed by atoms with van der Waals surface area (Å²) in [5, 5.41) is 8.83. The smallest absolute Gasteiger partial charge is 0.319 e. The van der Waals surface area contributed by atoms with Crippen molar-refractivity contribution in [3.8, 4) is 0 Å². The van der Waals surface area contributed by atoms with Crippen LogP contribution in [-0.2, 0) is 4.74 Å². The van der Waals surface area contributed by atoms with Gasteiger partial charge in [0.05, 0.1) is 18.9 Å². The summed E-state index contributed by atoms with van der Waals surface area (Å²) < 4.78 is 5.36. The lowest BCUT2D eigenvalue weighted by atomic mass is 10.3. The van der Waals surface area contributed by atoms with E-state index in [1.165, 1.54) is 0 Å². The van der Waals surface area contributed by atoms with E-state index in [9.17, 15) is 4.79 Å². The highest BCUT2D eigenvalue weighted by Crippen LogP contribution is 2.23. The Morgan fingerprint density at radius 1 is 1.08 bits per heavy atom. The molecule has 3 heterocycles. The molecule has 2 aromatic heterocycles. The van der Waals surface area contributed by atoms with E-state index in [1.54, 1.807) is 12.4 Å². The molecule has 0 aromatic carbocycles. The van der Waals surface area contributed by atoms with E-state index in [0.29, 0.717) is 32.0 Å². The Morgan fingerprint density at radius 2 is 1.92 bits per heavy atom. The number of hydrogen-bond donors (Lipinski definition) is 3. The largest absolute Gasteiger partial charge is 0.378 e. The van der Waals surface area contributed by atoms with E-state index in [4.69, 9.17) is 4.74 Å². The first-order valence-electron chi connectivity index (χ1n) is 8.30. The van der Waals surface area contributed by atoms with Gasteiger partial charge in [-0.15, -0.1) is 0 Å². The summed E-state index contributed by atoms with van der Waals surface area (Å²) in [6.07, 6.45) is 3.45. The minimum absolute atomic E-state index is 0.259. The number of urea groups is 1. The number of rotatable bonds is 6. The van der Waals surface area contributed by atoms with Gasteiger partial charge < -0.3 is 25.6 Å². The van der Waals surface area contributed by atoms with E-state index < -0.39 is 0 Å². The van der Waals surface area contributed by atoms with Gasteiger partial charge in [0.2, 0.25) is 0 Å². The fraction of sp³-hybridized carbons (Fsp3) is 0.353. The monoisotopic (exact) mass is 342 g/mol. The number of carbonyl (C=O) groups is 1. The van der Waals surface area contributed by atoms with Crippen molar-refractivity contribution >= 4 is 23.4 Å². The Labute approximate surface area is 146 Å². The van der Waals surface area contributed by atoms with Crippen LogP contribution >= 0.6 is 0 Å². The molecule has 8 heteroatoms. The van der Waals surface area contributed by atoms with Gasteiger partial charge in [-0.3, -0.25) is 0 Å². The van der Waals surface area contributed by atoms with Crippen LogP contribution in [0, 0.1) is 0 Å². The number of hydrogen-bond acceptors (Lipinski definition) is 6. The van der Waals surface area contributed by atoms with Gasteiger partial charge in [-0.1, -0.05) is 6.07 Å². The first-order chi connectivity index (χ1) is 12.3. The van der Waals surface area contributed by atoms with Crippen molar-refractivity contribution in [3.05, 3.63) is 42.7 Å². The Bertz CT molecular complexity index is 676. The molecule has 0 bridgehead atoms. The molecule has 0 spiro atoms. The third-order valence-electron chi connectivity index (χ3n) is 3.73. The summed E-state index contributed by atoms with van der Waals surface area (Å²) in [6.45, 7) is 3.94. The second-order valence-electron chi connectivity index (χ2n) is 5.50. The molecule has 1 saturated heterocycles. The van der Waals surface area contributed by atoms with Crippen LogP contribution in [0.15, 0.2) is 42.7 Å². The highest BCUT2D eigenvalue weighted by Gasteiger charge is 2.16. The van der Waals surface area contributed by atoms with Crippen LogP contribution in [0.4, 0.5) is 22.1 Å². The maximum Gasteiger partial charge on any atom is 0.319 e. The van der Waals surface area contributed by atoms with Crippen LogP contribution < -0.4 is 20.9 Å². The summed E-state index contributed by atoms with van der Waals surface area (Å²) in [7, 11) is 0.